The van der Waals surface area contributed by atoms with Gasteiger partial charge < -0.3 is 5.73 Å². The van der Waals surface area contributed by atoms with Crippen molar-refractivity contribution < 1.29 is 9.59 Å². The number of nitrogens with two attached hydrogens (primary N) is 1. The fraction of sp³-hybridized carbons (Fsp3) is 0. The topological polar surface area (TPSA) is 65.1 Å². The first-order valence-electron chi connectivity index (χ1n) is 7.59. The number of para-hydroxylation sites is 1. The van der Waals surface area contributed by atoms with E-state index in [9.17, 15) is 9.59 Å². The van der Waals surface area contributed by atoms with Crippen molar-refractivity contribution in [2.24, 2.45) is 5.73 Å². The van der Waals surface area contributed by atoms with E-state index in [2.05, 4.69) is 0 Å². The second-order valence-corrected chi connectivity index (χ2v) is 5.63. The number of amides is 1. The van der Waals surface area contributed by atoms with Crippen LogP contribution in [0.3, 0.4) is 0 Å². The Morgan fingerprint density at radius 2 is 1.42 bits per heavy atom. The molecule has 4 heteroatoms. The maximum atomic E-state index is 13.1. The molecule has 4 nitrogen and oxygen atoms in total. The molecule has 24 heavy (non-hydrogen) atoms. The lowest BCUT2D eigenvalue weighted by molar-refractivity contribution is 0.0966. The fourth-order valence-corrected chi connectivity index (χ4v) is 3.09. The van der Waals surface area contributed by atoms with E-state index < -0.39 is 5.91 Å². The van der Waals surface area contributed by atoms with E-state index in [4.69, 9.17) is 5.73 Å². The average molecular weight is 314 g/mol. The Hall–Kier alpha value is -3.40. The van der Waals surface area contributed by atoms with Crippen LogP contribution in [0.2, 0.25) is 0 Å². The molecule has 0 saturated carbocycles. The highest BCUT2D eigenvalue weighted by Gasteiger charge is 2.18. The van der Waals surface area contributed by atoms with Crippen LogP contribution in [0.4, 0.5) is 0 Å². The van der Waals surface area contributed by atoms with Crippen molar-refractivity contribution in [3.63, 3.8) is 0 Å². The normalized spacial score (nSPS) is 11.0. The maximum Gasteiger partial charge on any atom is 0.263 e. The molecule has 0 aliphatic rings. The first-order valence-corrected chi connectivity index (χ1v) is 7.59. The number of carbonyl (C=O) groups excluding carboxylic acids is 2. The lowest BCUT2D eigenvalue weighted by Gasteiger charge is -2.07. The van der Waals surface area contributed by atoms with Crippen LogP contribution < -0.4 is 5.73 Å². The summed E-state index contributed by atoms with van der Waals surface area (Å²) < 4.78 is 1.50. The Balaban J connectivity index is 1.97. The van der Waals surface area contributed by atoms with E-state index in [0.29, 0.717) is 22.0 Å². The van der Waals surface area contributed by atoms with Crippen molar-refractivity contribution in [3.8, 4) is 0 Å². The molecule has 0 radical (unpaired) electrons. The molecule has 0 atom stereocenters. The SMILES string of the molecule is NC(=O)c1cn(C(=O)c2cccc3ccccc23)c2ccccc12. The van der Waals surface area contributed by atoms with Gasteiger partial charge in [0.2, 0.25) is 0 Å². The first kappa shape index (κ1) is 14.2. The average Bonchev–Trinajstić information content (AvgIpc) is 3.00. The standard InChI is InChI=1S/C20H14N2O2/c21-19(23)17-12-22(18-11-4-3-9-15(17)18)20(24)16-10-5-7-13-6-1-2-8-14(13)16/h1-12H,(H2,21,23). The number of hydrogen-bond donors (Lipinski definition) is 1. The third-order valence-corrected chi connectivity index (χ3v) is 4.22. The largest absolute Gasteiger partial charge is 0.366 e. The number of fused-ring (bicyclic) bond motifs is 2. The van der Waals surface area contributed by atoms with Gasteiger partial charge in [0.1, 0.15) is 0 Å². The van der Waals surface area contributed by atoms with Gasteiger partial charge >= 0.3 is 0 Å². The van der Waals surface area contributed by atoms with E-state index in [1.54, 1.807) is 12.1 Å². The highest BCUT2D eigenvalue weighted by Crippen LogP contribution is 2.25. The second-order valence-electron chi connectivity index (χ2n) is 5.63. The monoisotopic (exact) mass is 314 g/mol. The lowest BCUT2D eigenvalue weighted by atomic mass is 10.0. The summed E-state index contributed by atoms with van der Waals surface area (Å²) in [6.45, 7) is 0. The predicted molar refractivity (Wildman–Crippen MR) is 94.1 cm³/mol. The summed E-state index contributed by atoms with van der Waals surface area (Å²) in [5.41, 5.74) is 7.06. The van der Waals surface area contributed by atoms with Gasteiger partial charge in [-0.2, -0.15) is 0 Å². The van der Waals surface area contributed by atoms with Crippen LogP contribution in [0.15, 0.2) is 72.9 Å². The number of carbonyl (C=O) groups is 2. The van der Waals surface area contributed by atoms with Crippen LogP contribution in [0.25, 0.3) is 21.7 Å². The van der Waals surface area contributed by atoms with E-state index in [0.717, 1.165) is 10.8 Å². The van der Waals surface area contributed by atoms with Gasteiger partial charge in [-0.05, 0) is 22.9 Å². The van der Waals surface area contributed by atoms with Crippen molar-refractivity contribution in [2.75, 3.05) is 0 Å². The minimum Gasteiger partial charge on any atom is -0.366 e. The van der Waals surface area contributed by atoms with E-state index in [1.165, 1.54) is 10.8 Å². The molecule has 116 valence electrons. The summed E-state index contributed by atoms with van der Waals surface area (Å²) in [4.78, 5) is 24.8. The molecule has 0 unspecified atom stereocenters. The van der Waals surface area contributed by atoms with Gasteiger partial charge in [-0.15, -0.1) is 0 Å². The molecule has 4 rings (SSSR count). The summed E-state index contributed by atoms with van der Waals surface area (Å²) in [5.74, 6) is -0.730. The predicted octanol–water partition coefficient (Wildman–Crippen LogP) is 3.58. The van der Waals surface area contributed by atoms with Gasteiger partial charge in [-0.1, -0.05) is 54.6 Å². The van der Waals surface area contributed by atoms with Crippen molar-refractivity contribution in [1.82, 2.24) is 4.57 Å². The highest BCUT2D eigenvalue weighted by atomic mass is 16.2. The van der Waals surface area contributed by atoms with Crippen LogP contribution in [-0.4, -0.2) is 16.4 Å². The van der Waals surface area contributed by atoms with Crippen molar-refractivity contribution in [3.05, 3.63) is 84.1 Å². The zero-order valence-corrected chi connectivity index (χ0v) is 12.8. The minimum absolute atomic E-state index is 0.185. The molecule has 0 bridgehead atoms. The Labute approximate surface area is 138 Å². The number of rotatable bonds is 2. The highest BCUT2D eigenvalue weighted by molar-refractivity contribution is 6.14. The van der Waals surface area contributed by atoms with Crippen LogP contribution in [0.5, 0.6) is 0 Å². The summed E-state index contributed by atoms with van der Waals surface area (Å²) >= 11 is 0. The minimum atomic E-state index is -0.546. The van der Waals surface area contributed by atoms with Crippen LogP contribution >= 0.6 is 0 Å². The van der Waals surface area contributed by atoms with Crippen LogP contribution in [0.1, 0.15) is 20.7 Å². The quantitative estimate of drug-likeness (QED) is 0.614. The Morgan fingerprint density at radius 3 is 2.21 bits per heavy atom. The Bertz CT molecular complexity index is 1100. The van der Waals surface area contributed by atoms with Gasteiger partial charge in [0.25, 0.3) is 11.8 Å². The number of primary amides is 1. The van der Waals surface area contributed by atoms with E-state index in [1.807, 2.05) is 54.6 Å². The van der Waals surface area contributed by atoms with E-state index >= 15 is 0 Å². The molecule has 0 aliphatic carbocycles. The smallest absolute Gasteiger partial charge is 0.263 e. The number of aromatic nitrogens is 1. The summed E-state index contributed by atoms with van der Waals surface area (Å²) in [6, 6.07) is 20.6. The molecular formula is C20H14N2O2. The molecule has 0 spiro atoms. The number of hydrogen-bond acceptors (Lipinski definition) is 2. The summed E-state index contributed by atoms with van der Waals surface area (Å²) in [5, 5.41) is 2.55. The molecule has 1 amide bonds. The van der Waals surface area contributed by atoms with E-state index in [-0.39, 0.29) is 5.91 Å². The van der Waals surface area contributed by atoms with Crippen molar-refractivity contribution >= 4 is 33.5 Å². The molecule has 0 aliphatic heterocycles. The molecule has 3 aromatic carbocycles. The van der Waals surface area contributed by atoms with Gasteiger partial charge in [-0.3, -0.25) is 14.2 Å². The molecular weight excluding hydrogens is 300 g/mol. The maximum absolute atomic E-state index is 13.1. The summed E-state index contributed by atoms with van der Waals surface area (Å²) in [6.07, 6.45) is 1.52. The first-order chi connectivity index (χ1) is 11.7. The Kier molecular flexibility index (Phi) is 3.17. The molecule has 0 fully saturated rings. The fourth-order valence-electron chi connectivity index (χ4n) is 3.09. The third-order valence-electron chi connectivity index (χ3n) is 4.22. The molecule has 1 aromatic heterocycles. The van der Waals surface area contributed by atoms with Gasteiger partial charge in [0.05, 0.1) is 11.1 Å². The molecule has 4 aromatic rings. The van der Waals surface area contributed by atoms with Crippen LogP contribution in [0, 0.1) is 0 Å². The third kappa shape index (κ3) is 2.08. The Morgan fingerprint density at radius 1 is 0.750 bits per heavy atom. The van der Waals surface area contributed by atoms with Crippen LogP contribution in [-0.2, 0) is 0 Å². The van der Waals surface area contributed by atoms with Crippen molar-refractivity contribution in [1.29, 1.82) is 0 Å². The zero-order valence-electron chi connectivity index (χ0n) is 12.8. The number of nitrogens with zero attached hydrogens (tertiary/aromatic N) is 1. The lowest BCUT2D eigenvalue weighted by Crippen LogP contribution is -2.13. The second kappa shape index (κ2) is 5.35. The molecule has 1 heterocycles. The molecule has 2 N–H and O–H groups in total. The van der Waals surface area contributed by atoms with Gasteiger partial charge in [0, 0.05) is 17.1 Å². The van der Waals surface area contributed by atoms with Gasteiger partial charge in [0.15, 0.2) is 0 Å². The van der Waals surface area contributed by atoms with Gasteiger partial charge in [-0.25, -0.2) is 0 Å². The zero-order chi connectivity index (χ0) is 16.7. The summed E-state index contributed by atoms with van der Waals surface area (Å²) in [7, 11) is 0. The number of benzene rings is 3. The van der Waals surface area contributed by atoms with Crippen molar-refractivity contribution in [2.45, 2.75) is 0 Å². The molecule has 0 saturated heterocycles.